The number of phenols is 1. The van der Waals surface area contributed by atoms with Crippen LogP contribution in [0.1, 0.15) is 23.2 Å². The monoisotopic (exact) mass is 228 g/mol. The fraction of sp³-hybridized carbons (Fsp3) is 0.200. The second-order valence-corrected chi connectivity index (χ2v) is 3.41. The summed E-state index contributed by atoms with van der Waals surface area (Å²) in [5.41, 5.74) is 0.0590. The fourth-order valence-corrected chi connectivity index (χ4v) is 1.26. The van der Waals surface area contributed by atoms with Gasteiger partial charge in [-0.3, -0.25) is 9.59 Å². The van der Waals surface area contributed by atoms with Crippen molar-refractivity contribution in [3.63, 3.8) is 0 Å². The number of carboxylic acid groups (broad SMARTS) is 1. The van der Waals surface area contributed by atoms with E-state index >= 15 is 0 Å². The van der Waals surface area contributed by atoms with Crippen LogP contribution in [0.2, 0.25) is 5.02 Å². The van der Waals surface area contributed by atoms with Gasteiger partial charge in [0.15, 0.2) is 5.78 Å². The van der Waals surface area contributed by atoms with Gasteiger partial charge < -0.3 is 10.2 Å². The summed E-state index contributed by atoms with van der Waals surface area (Å²) in [6.07, 6.45) is -0.409. The first-order valence-corrected chi connectivity index (χ1v) is 4.62. The van der Waals surface area contributed by atoms with Crippen LogP contribution >= 0.6 is 11.6 Å². The number of aromatic hydroxyl groups is 1. The summed E-state index contributed by atoms with van der Waals surface area (Å²) in [7, 11) is 0. The average molecular weight is 229 g/mol. The van der Waals surface area contributed by atoms with E-state index in [-0.39, 0.29) is 24.2 Å². The van der Waals surface area contributed by atoms with E-state index in [2.05, 4.69) is 0 Å². The first-order valence-electron chi connectivity index (χ1n) is 4.24. The predicted octanol–water partition coefficient (Wildman–Crippen LogP) is 2.09. The molecular formula is C10H9ClO4. The van der Waals surface area contributed by atoms with Crippen molar-refractivity contribution in [1.82, 2.24) is 0 Å². The van der Waals surface area contributed by atoms with Crippen LogP contribution in [-0.4, -0.2) is 22.0 Å². The number of carbonyl (C=O) groups is 2. The molecule has 0 atom stereocenters. The van der Waals surface area contributed by atoms with Gasteiger partial charge in [0.25, 0.3) is 0 Å². The van der Waals surface area contributed by atoms with Crippen LogP contribution in [0.3, 0.4) is 0 Å². The number of ketones is 1. The summed E-state index contributed by atoms with van der Waals surface area (Å²) < 4.78 is 0. The van der Waals surface area contributed by atoms with E-state index in [1.54, 1.807) is 0 Å². The molecule has 4 nitrogen and oxygen atoms in total. The topological polar surface area (TPSA) is 74.6 Å². The summed E-state index contributed by atoms with van der Waals surface area (Å²) in [5.74, 6) is -1.67. The number of rotatable bonds is 4. The Bertz CT molecular complexity index is 400. The number of phenolic OH excluding ortho intramolecular Hbond substituents is 1. The SMILES string of the molecule is O=C(O)CCC(=O)c1cc(Cl)ccc1O. The van der Waals surface area contributed by atoms with Crippen molar-refractivity contribution in [3.05, 3.63) is 28.8 Å². The number of benzene rings is 1. The normalized spacial score (nSPS) is 9.93. The molecule has 0 aliphatic heterocycles. The van der Waals surface area contributed by atoms with Crippen LogP contribution in [0.25, 0.3) is 0 Å². The van der Waals surface area contributed by atoms with Crippen molar-refractivity contribution in [3.8, 4) is 5.75 Å². The summed E-state index contributed by atoms with van der Waals surface area (Å²) in [5, 5.41) is 18.1. The molecule has 1 rings (SSSR count). The molecule has 0 heterocycles. The van der Waals surface area contributed by atoms with Crippen LogP contribution in [0, 0.1) is 0 Å². The van der Waals surface area contributed by atoms with Crippen molar-refractivity contribution >= 4 is 23.4 Å². The maximum atomic E-state index is 11.4. The molecule has 0 spiro atoms. The Hall–Kier alpha value is -1.55. The second-order valence-electron chi connectivity index (χ2n) is 2.98. The van der Waals surface area contributed by atoms with Crippen molar-refractivity contribution in [2.24, 2.45) is 0 Å². The van der Waals surface area contributed by atoms with E-state index in [0.717, 1.165) is 0 Å². The van der Waals surface area contributed by atoms with Gasteiger partial charge >= 0.3 is 5.97 Å². The minimum atomic E-state index is -1.05. The highest BCUT2D eigenvalue weighted by atomic mass is 35.5. The third-order valence-electron chi connectivity index (χ3n) is 1.82. The van der Waals surface area contributed by atoms with Crippen LogP contribution in [0.5, 0.6) is 5.75 Å². The summed E-state index contributed by atoms with van der Waals surface area (Å²) in [6, 6.07) is 4.07. The Balaban J connectivity index is 2.81. The zero-order chi connectivity index (χ0) is 11.4. The first-order chi connectivity index (χ1) is 7.00. The van der Waals surface area contributed by atoms with Gasteiger partial charge in [-0.05, 0) is 18.2 Å². The Kier molecular flexibility index (Phi) is 3.68. The molecule has 0 fully saturated rings. The molecule has 0 radical (unpaired) electrons. The Labute approximate surface area is 91.1 Å². The number of hydrogen-bond acceptors (Lipinski definition) is 3. The maximum Gasteiger partial charge on any atom is 0.303 e. The van der Waals surface area contributed by atoms with E-state index in [1.165, 1.54) is 18.2 Å². The van der Waals surface area contributed by atoms with Gasteiger partial charge in [-0.25, -0.2) is 0 Å². The van der Waals surface area contributed by atoms with Crippen LogP contribution in [0.15, 0.2) is 18.2 Å². The third-order valence-corrected chi connectivity index (χ3v) is 2.06. The molecule has 0 saturated heterocycles. The zero-order valence-electron chi connectivity index (χ0n) is 7.74. The number of carbonyl (C=O) groups excluding carboxylic acids is 1. The Morgan fingerprint density at radius 3 is 2.53 bits per heavy atom. The summed E-state index contributed by atoms with van der Waals surface area (Å²) in [4.78, 5) is 21.7. The summed E-state index contributed by atoms with van der Waals surface area (Å²) in [6.45, 7) is 0. The first kappa shape index (κ1) is 11.5. The third kappa shape index (κ3) is 3.25. The van der Waals surface area contributed by atoms with Gasteiger partial charge in [0.2, 0.25) is 0 Å². The molecular weight excluding hydrogens is 220 g/mol. The molecule has 0 saturated carbocycles. The Morgan fingerprint density at radius 1 is 1.27 bits per heavy atom. The molecule has 0 bridgehead atoms. The minimum Gasteiger partial charge on any atom is -0.507 e. The van der Waals surface area contributed by atoms with Crippen molar-refractivity contribution in [2.75, 3.05) is 0 Å². The molecule has 5 heteroatoms. The molecule has 0 aromatic heterocycles. The van der Waals surface area contributed by atoms with Crippen molar-refractivity contribution in [2.45, 2.75) is 12.8 Å². The lowest BCUT2D eigenvalue weighted by Gasteiger charge is -2.02. The maximum absolute atomic E-state index is 11.4. The molecule has 0 amide bonds. The van der Waals surface area contributed by atoms with E-state index in [1.807, 2.05) is 0 Å². The van der Waals surface area contributed by atoms with Crippen molar-refractivity contribution < 1.29 is 19.8 Å². The summed E-state index contributed by atoms with van der Waals surface area (Å²) >= 11 is 5.64. The quantitative estimate of drug-likeness (QED) is 0.774. The van der Waals surface area contributed by atoms with E-state index < -0.39 is 11.8 Å². The van der Waals surface area contributed by atoms with Gasteiger partial charge in [-0.2, -0.15) is 0 Å². The van der Waals surface area contributed by atoms with Gasteiger partial charge in [0.1, 0.15) is 5.75 Å². The number of aliphatic carboxylic acids is 1. The van der Waals surface area contributed by atoms with E-state index in [4.69, 9.17) is 16.7 Å². The van der Waals surface area contributed by atoms with Gasteiger partial charge in [0, 0.05) is 11.4 Å². The number of hydrogen-bond donors (Lipinski definition) is 2. The van der Waals surface area contributed by atoms with Gasteiger partial charge in [0.05, 0.1) is 12.0 Å². The number of halogens is 1. The molecule has 80 valence electrons. The van der Waals surface area contributed by atoms with E-state index in [9.17, 15) is 14.7 Å². The molecule has 2 N–H and O–H groups in total. The molecule has 1 aromatic rings. The molecule has 15 heavy (non-hydrogen) atoms. The fourth-order valence-electron chi connectivity index (χ4n) is 1.09. The zero-order valence-corrected chi connectivity index (χ0v) is 8.49. The number of Topliss-reactive ketones (excluding diaryl/α,β-unsaturated/α-hetero) is 1. The van der Waals surface area contributed by atoms with Gasteiger partial charge in [-0.15, -0.1) is 0 Å². The lowest BCUT2D eigenvalue weighted by atomic mass is 10.1. The number of carboxylic acids is 1. The highest BCUT2D eigenvalue weighted by Gasteiger charge is 2.12. The minimum absolute atomic E-state index is 0.0590. The molecule has 0 aliphatic carbocycles. The van der Waals surface area contributed by atoms with Crippen LogP contribution in [0.4, 0.5) is 0 Å². The predicted molar refractivity (Wildman–Crippen MR) is 54.3 cm³/mol. The van der Waals surface area contributed by atoms with Gasteiger partial charge in [-0.1, -0.05) is 11.6 Å². The highest BCUT2D eigenvalue weighted by Crippen LogP contribution is 2.23. The lowest BCUT2D eigenvalue weighted by Crippen LogP contribution is -2.04. The second kappa shape index (κ2) is 4.79. The average Bonchev–Trinajstić information content (AvgIpc) is 2.18. The van der Waals surface area contributed by atoms with Crippen LogP contribution in [-0.2, 0) is 4.79 Å². The highest BCUT2D eigenvalue weighted by molar-refractivity contribution is 6.31. The smallest absolute Gasteiger partial charge is 0.303 e. The lowest BCUT2D eigenvalue weighted by molar-refractivity contribution is -0.136. The van der Waals surface area contributed by atoms with Crippen LogP contribution < -0.4 is 0 Å². The van der Waals surface area contributed by atoms with E-state index in [0.29, 0.717) is 5.02 Å². The molecule has 0 aliphatic rings. The van der Waals surface area contributed by atoms with Crippen molar-refractivity contribution in [1.29, 1.82) is 0 Å². The molecule has 1 aromatic carbocycles. The largest absolute Gasteiger partial charge is 0.507 e. The standard InChI is InChI=1S/C10H9ClO4/c11-6-1-2-8(12)7(5-6)9(13)3-4-10(14)15/h1-2,5,12H,3-4H2,(H,14,15). The molecule has 0 unspecified atom stereocenters. The Morgan fingerprint density at radius 2 is 1.93 bits per heavy atom.